The van der Waals surface area contributed by atoms with Crippen molar-refractivity contribution in [1.82, 2.24) is 0 Å². The van der Waals surface area contributed by atoms with E-state index in [1.807, 2.05) is 30.3 Å². The first-order chi connectivity index (χ1) is 20.7. The van der Waals surface area contributed by atoms with Gasteiger partial charge in [-0.25, -0.2) is 4.79 Å². The van der Waals surface area contributed by atoms with E-state index >= 15 is 0 Å². The van der Waals surface area contributed by atoms with Gasteiger partial charge in [-0.3, -0.25) is 0 Å². The summed E-state index contributed by atoms with van der Waals surface area (Å²) in [6.45, 7) is 8.18. The summed E-state index contributed by atoms with van der Waals surface area (Å²) in [6, 6.07) is 14.6. The zero-order valence-corrected chi connectivity index (χ0v) is 26.0. The van der Waals surface area contributed by atoms with Crippen LogP contribution >= 0.6 is 0 Å². The van der Waals surface area contributed by atoms with Crippen molar-refractivity contribution in [2.75, 3.05) is 19.8 Å². The molecule has 42 heavy (non-hydrogen) atoms. The second-order valence-electron chi connectivity index (χ2n) is 11.7. The number of esters is 1. The number of allylic oxidation sites excluding steroid dienone is 1. The second-order valence-corrected chi connectivity index (χ2v) is 11.7. The van der Waals surface area contributed by atoms with Crippen molar-refractivity contribution < 1.29 is 23.7 Å². The summed E-state index contributed by atoms with van der Waals surface area (Å²) in [4.78, 5) is 12.6. The summed E-state index contributed by atoms with van der Waals surface area (Å²) in [5.74, 6) is 1.35. The molecule has 0 unspecified atom stereocenters. The number of hydrogen-bond acceptors (Lipinski definition) is 5. The van der Waals surface area contributed by atoms with Gasteiger partial charge in [0.2, 0.25) is 0 Å². The molecule has 0 amide bonds. The van der Waals surface area contributed by atoms with E-state index in [2.05, 4.69) is 13.5 Å². The maximum Gasteiger partial charge on any atom is 0.343 e. The van der Waals surface area contributed by atoms with Gasteiger partial charge in [-0.2, -0.15) is 0 Å². The summed E-state index contributed by atoms with van der Waals surface area (Å²) in [6.07, 6.45) is 21.9. The van der Waals surface area contributed by atoms with Crippen LogP contribution in [0.5, 0.6) is 11.5 Å². The number of benzene rings is 2. The molecule has 5 nitrogen and oxygen atoms in total. The topological polar surface area (TPSA) is 54.0 Å². The Morgan fingerprint density at radius 3 is 1.98 bits per heavy atom. The van der Waals surface area contributed by atoms with Crippen LogP contribution in [0, 0.1) is 5.92 Å². The van der Waals surface area contributed by atoms with Crippen LogP contribution in [0.1, 0.15) is 132 Å². The third-order valence-electron chi connectivity index (χ3n) is 7.96. The first-order valence-corrected chi connectivity index (χ1v) is 16.6. The summed E-state index contributed by atoms with van der Waals surface area (Å²) in [5, 5.41) is 0. The minimum absolute atomic E-state index is 0.362. The summed E-state index contributed by atoms with van der Waals surface area (Å²) in [7, 11) is 0. The highest BCUT2D eigenvalue weighted by atomic mass is 16.7. The number of rotatable bonds is 22. The van der Waals surface area contributed by atoms with Crippen LogP contribution in [0.25, 0.3) is 0 Å². The van der Waals surface area contributed by atoms with E-state index in [0.717, 1.165) is 37.4 Å². The van der Waals surface area contributed by atoms with E-state index < -0.39 is 0 Å². The zero-order chi connectivity index (χ0) is 29.7. The summed E-state index contributed by atoms with van der Waals surface area (Å²) < 4.78 is 23.5. The molecule has 2 aromatic carbocycles. The van der Waals surface area contributed by atoms with Gasteiger partial charge in [0.05, 0.1) is 25.4 Å². The fraction of sp³-hybridized carbons (Fsp3) is 0.595. The molecule has 0 N–H and O–H groups in total. The number of carbonyl (C=O) groups excluding carboxylic acids is 1. The predicted molar refractivity (Wildman–Crippen MR) is 171 cm³/mol. The molecule has 1 saturated heterocycles. The quantitative estimate of drug-likeness (QED) is 0.0602. The third kappa shape index (κ3) is 13.6. The van der Waals surface area contributed by atoms with E-state index in [1.54, 1.807) is 24.3 Å². The zero-order valence-electron chi connectivity index (χ0n) is 26.0. The third-order valence-corrected chi connectivity index (χ3v) is 7.96. The number of carbonyl (C=O) groups is 1. The molecule has 1 aliphatic rings. The van der Waals surface area contributed by atoms with Crippen molar-refractivity contribution in [2.45, 2.75) is 116 Å². The molecule has 232 valence electrons. The summed E-state index contributed by atoms with van der Waals surface area (Å²) >= 11 is 0. The molecule has 0 radical (unpaired) electrons. The van der Waals surface area contributed by atoms with Crippen LogP contribution in [0.2, 0.25) is 0 Å². The van der Waals surface area contributed by atoms with Gasteiger partial charge in [0.1, 0.15) is 11.5 Å². The smallest absolute Gasteiger partial charge is 0.343 e. The van der Waals surface area contributed by atoms with Gasteiger partial charge in [-0.1, -0.05) is 102 Å². The van der Waals surface area contributed by atoms with Crippen LogP contribution in [0.3, 0.4) is 0 Å². The van der Waals surface area contributed by atoms with Crippen molar-refractivity contribution in [1.29, 1.82) is 0 Å². The van der Waals surface area contributed by atoms with Crippen molar-refractivity contribution >= 4 is 5.97 Å². The Morgan fingerprint density at radius 2 is 1.33 bits per heavy atom. The van der Waals surface area contributed by atoms with E-state index in [4.69, 9.17) is 18.9 Å². The van der Waals surface area contributed by atoms with Crippen LogP contribution < -0.4 is 9.47 Å². The molecule has 2 aromatic rings. The van der Waals surface area contributed by atoms with Gasteiger partial charge < -0.3 is 18.9 Å². The average molecular weight is 579 g/mol. The van der Waals surface area contributed by atoms with Crippen LogP contribution in [-0.4, -0.2) is 25.8 Å². The number of hydrogen-bond donors (Lipinski definition) is 0. The second kappa shape index (κ2) is 21.1. The first-order valence-electron chi connectivity index (χ1n) is 16.6. The molecule has 1 heterocycles. The Hall–Kier alpha value is -2.63. The molecule has 0 saturated carbocycles. The van der Waals surface area contributed by atoms with Gasteiger partial charge in [-0.05, 0) is 62.1 Å². The average Bonchev–Trinajstić information content (AvgIpc) is 3.02. The summed E-state index contributed by atoms with van der Waals surface area (Å²) in [5.41, 5.74) is 1.43. The Bertz CT molecular complexity index is 976. The molecular weight excluding hydrogens is 524 g/mol. The first kappa shape index (κ1) is 33.9. The standard InChI is InChI=1S/C37H54O5/c1-3-5-7-9-11-13-15-17-19-31-29-40-37(41-30-31)33-22-26-35(27-23-33)42-36(38)32-20-24-34(25-21-32)39-28-18-16-14-12-10-8-6-4-2/h4,20-27,31,37H,2-3,5-19,28-30H2,1H3/t31-,37-. The number of ether oxygens (including phenoxy) is 4. The molecule has 1 fully saturated rings. The van der Waals surface area contributed by atoms with Crippen molar-refractivity contribution in [3.63, 3.8) is 0 Å². The van der Waals surface area contributed by atoms with Gasteiger partial charge in [-0.15, -0.1) is 6.58 Å². The van der Waals surface area contributed by atoms with Crippen LogP contribution in [0.15, 0.2) is 61.2 Å². The molecular formula is C37H54O5. The normalized spacial score (nSPS) is 16.7. The highest BCUT2D eigenvalue weighted by Gasteiger charge is 2.23. The molecule has 3 rings (SSSR count). The van der Waals surface area contributed by atoms with Gasteiger partial charge in [0.15, 0.2) is 6.29 Å². The lowest BCUT2D eigenvalue weighted by molar-refractivity contribution is -0.206. The molecule has 0 aliphatic carbocycles. The van der Waals surface area contributed by atoms with E-state index in [-0.39, 0.29) is 12.3 Å². The molecule has 0 aromatic heterocycles. The Kier molecular flexibility index (Phi) is 17.0. The number of unbranched alkanes of at least 4 members (excludes halogenated alkanes) is 13. The molecule has 0 spiro atoms. The molecule has 0 bridgehead atoms. The largest absolute Gasteiger partial charge is 0.494 e. The lowest BCUT2D eigenvalue weighted by atomic mass is 10.0. The fourth-order valence-corrected chi connectivity index (χ4v) is 5.30. The molecule has 5 heteroatoms. The minimum atomic E-state index is -0.389. The van der Waals surface area contributed by atoms with E-state index in [0.29, 0.717) is 23.8 Å². The van der Waals surface area contributed by atoms with Crippen LogP contribution in [0.4, 0.5) is 0 Å². The monoisotopic (exact) mass is 578 g/mol. The highest BCUT2D eigenvalue weighted by molar-refractivity contribution is 5.91. The van der Waals surface area contributed by atoms with Gasteiger partial charge in [0, 0.05) is 11.5 Å². The minimum Gasteiger partial charge on any atom is -0.494 e. The molecule has 0 atom stereocenters. The highest BCUT2D eigenvalue weighted by Crippen LogP contribution is 2.29. The van der Waals surface area contributed by atoms with Crippen molar-refractivity contribution in [3.05, 3.63) is 72.3 Å². The van der Waals surface area contributed by atoms with Crippen molar-refractivity contribution in [3.8, 4) is 11.5 Å². The van der Waals surface area contributed by atoms with E-state index in [9.17, 15) is 4.79 Å². The van der Waals surface area contributed by atoms with Crippen molar-refractivity contribution in [2.24, 2.45) is 5.92 Å². The Morgan fingerprint density at radius 1 is 0.762 bits per heavy atom. The van der Waals surface area contributed by atoms with E-state index in [1.165, 1.54) is 89.9 Å². The maximum atomic E-state index is 12.6. The Labute approximate surface area is 255 Å². The lowest BCUT2D eigenvalue weighted by Gasteiger charge is -2.29. The van der Waals surface area contributed by atoms with Gasteiger partial charge >= 0.3 is 5.97 Å². The predicted octanol–water partition coefficient (Wildman–Crippen LogP) is 10.4. The van der Waals surface area contributed by atoms with Gasteiger partial charge in [0.25, 0.3) is 0 Å². The SMILES string of the molecule is C=CCCCCCCCCOc1ccc(C(=O)Oc2ccc([C@H]3OC[C@H](CCCCCCCCCC)CO3)cc2)cc1. The lowest BCUT2D eigenvalue weighted by Crippen LogP contribution is -2.27. The molecule has 1 aliphatic heterocycles. The maximum absolute atomic E-state index is 12.6. The fourth-order valence-electron chi connectivity index (χ4n) is 5.30. The van der Waals surface area contributed by atoms with Crippen LogP contribution in [-0.2, 0) is 9.47 Å². The Balaban J connectivity index is 1.28.